The van der Waals surface area contributed by atoms with E-state index in [1.165, 1.54) is 0 Å². The summed E-state index contributed by atoms with van der Waals surface area (Å²) in [5, 5.41) is 15.5. The molecule has 23 heavy (non-hydrogen) atoms. The number of carboxylic acid groups (broad SMARTS) is 1. The average Bonchev–Trinajstić information content (AvgIpc) is 2.55. The summed E-state index contributed by atoms with van der Waals surface area (Å²) in [4.78, 5) is 10.8. The molecule has 0 saturated carbocycles. The number of nitrogens with one attached hydrogen (secondary N) is 2. The molecule has 0 radical (unpaired) electrons. The molecule has 2 aromatic carbocycles. The lowest BCUT2D eigenvalue weighted by molar-refractivity contribution is 0.0697. The summed E-state index contributed by atoms with van der Waals surface area (Å²) in [7, 11) is 0. The predicted octanol–water partition coefficient (Wildman–Crippen LogP) is 3.27. The normalized spacial score (nSPS) is 9.96. The van der Waals surface area contributed by atoms with Gasteiger partial charge in [0, 0.05) is 12.2 Å². The van der Waals surface area contributed by atoms with E-state index in [9.17, 15) is 4.79 Å². The van der Waals surface area contributed by atoms with Crippen molar-refractivity contribution in [3.63, 3.8) is 0 Å². The van der Waals surface area contributed by atoms with E-state index in [0.717, 1.165) is 17.0 Å². The highest BCUT2D eigenvalue weighted by Crippen LogP contribution is 2.15. The molecular formula is C17H18N2O3S. The van der Waals surface area contributed by atoms with Gasteiger partial charge in [-0.3, -0.25) is 0 Å². The maximum absolute atomic E-state index is 10.8. The van der Waals surface area contributed by atoms with E-state index in [4.69, 9.17) is 22.1 Å². The quantitative estimate of drug-likeness (QED) is 0.706. The van der Waals surface area contributed by atoms with Gasteiger partial charge in [-0.1, -0.05) is 12.1 Å². The molecule has 2 rings (SSSR count). The Hall–Kier alpha value is -2.60. The van der Waals surface area contributed by atoms with E-state index in [1.807, 2.05) is 31.2 Å². The highest BCUT2D eigenvalue weighted by molar-refractivity contribution is 7.80. The van der Waals surface area contributed by atoms with Gasteiger partial charge in [-0.15, -0.1) is 0 Å². The highest BCUT2D eigenvalue weighted by Gasteiger charge is 2.03. The van der Waals surface area contributed by atoms with E-state index in [0.29, 0.717) is 18.3 Å². The van der Waals surface area contributed by atoms with Crippen molar-refractivity contribution in [1.29, 1.82) is 0 Å². The minimum atomic E-state index is -0.933. The molecule has 2 aromatic rings. The largest absolute Gasteiger partial charge is 0.494 e. The molecule has 0 aromatic heterocycles. The Bertz CT molecular complexity index is 669. The number of rotatable bonds is 6. The summed E-state index contributed by atoms with van der Waals surface area (Å²) in [5.74, 6) is -0.118. The lowest BCUT2D eigenvalue weighted by atomic mass is 10.1. The molecule has 0 heterocycles. The smallest absolute Gasteiger partial charge is 0.335 e. The minimum absolute atomic E-state index is 0.267. The van der Waals surface area contributed by atoms with Crippen LogP contribution in [0.3, 0.4) is 0 Å². The Morgan fingerprint density at radius 3 is 2.35 bits per heavy atom. The molecule has 0 saturated heterocycles. The first kappa shape index (κ1) is 16.8. The molecule has 6 heteroatoms. The number of aromatic carboxylic acids is 1. The van der Waals surface area contributed by atoms with Crippen LogP contribution in [0.2, 0.25) is 0 Å². The first-order valence-corrected chi connectivity index (χ1v) is 7.59. The number of anilines is 1. The van der Waals surface area contributed by atoms with Crippen molar-refractivity contribution in [3.8, 4) is 5.75 Å². The number of ether oxygens (including phenoxy) is 1. The van der Waals surface area contributed by atoms with Gasteiger partial charge in [-0.25, -0.2) is 4.79 Å². The van der Waals surface area contributed by atoms with Crippen molar-refractivity contribution in [2.24, 2.45) is 0 Å². The average molecular weight is 330 g/mol. The van der Waals surface area contributed by atoms with E-state index < -0.39 is 5.97 Å². The molecule has 0 unspecified atom stereocenters. The van der Waals surface area contributed by atoms with Crippen LogP contribution >= 0.6 is 12.2 Å². The lowest BCUT2D eigenvalue weighted by Crippen LogP contribution is -2.27. The van der Waals surface area contributed by atoms with Crippen LogP contribution in [0.15, 0.2) is 48.5 Å². The molecule has 0 aliphatic rings. The summed E-state index contributed by atoms with van der Waals surface area (Å²) in [6, 6.07) is 14.2. The van der Waals surface area contributed by atoms with Crippen molar-refractivity contribution >= 4 is 29.0 Å². The summed E-state index contributed by atoms with van der Waals surface area (Å²) in [6.07, 6.45) is 0. The monoisotopic (exact) mass is 330 g/mol. The van der Waals surface area contributed by atoms with E-state index >= 15 is 0 Å². The Kier molecular flexibility index (Phi) is 5.94. The first-order chi connectivity index (χ1) is 11.1. The summed E-state index contributed by atoms with van der Waals surface area (Å²) in [5.41, 5.74) is 2.09. The van der Waals surface area contributed by atoms with Gasteiger partial charge in [0.05, 0.1) is 12.2 Å². The molecule has 0 atom stereocenters. The van der Waals surface area contributed by atoms with Gasteiger partial charge in [0.25, 0.3) is 0 Å². The highest BCUT2D eigenvalue weighted by atomic mass is 32.1. The third-order valence-electron chi connectivity index (χ3n) is 3.08. The van der Waals surface area contributed by atoms with Crippen molar-refractivity contribution < 1.29 is 14.6 Å². The standard InChI is InChI=1S/C17H18N2O3S/c1-2-22-15-9-7-14(8-10-15)19-17(23)18-11-12-3-5-13(6-4-12)16(20)21/h3-10H,2,11H2,1H3,(H,20,21)(H2,18,19,23). The Labute approximate surface area is 140 Å². The van der Waals surface area contributed by atoms with Crippen molar-refractivity contribution in [2.45, 2.75) is 13.5 Å². The van der Waals surface area contributed by atoms with Crippen LogP contribution in [-0.4, -0.2) is 22.8 Å². The zero-order valence-electron chi connectivity index (χ0n) is 12.7. The molecule has 5 nitrogen and oxygen atoms in total. The van der Waals surface area contributed by atoms with Crippen molar-refractivity contribution in [2.75, 3.05) is 11.9 Å². The Morgan fingerprint density at radius 2 is 1.78 bits per heavy atom. The van der Waals surface area contributed by atoms with E-state index in [-0.39, 0.29) is 5.56 Å². The van der Waals surface area contributed by atoms with Crippen LogP contribution in [0.4, 0.5) is 5.69 Å². The molecule has 0 spiro atoms. The van der Waals surface area contributed by atoms with E-state index in [2.05, 4.69) is 10.6 Å². The maximum atomic E-state index is 10.8. The predicted molar refractivity (Wildman–Crippen MR) is 94.1 cm³/mol. The van der Waals surface area contributed by atoms with Crippen LogP contribution in [0.5, 0.6) is 5.75 Å². The number of thiocarbonyl (C=S) groups is 1. The molecule has 0 aliphatic heterocycles. The zero-order valence-corrected chi connectivity index (χ0v) is 13.5. The van der Waals surface area contributed by atoms with Crippen molar-refractivity contribution in [3.05, 3.63) is 59.7 Å². The van der Waals surface area contributed by atoms with Gasteiger partial charge in [0.15, 0.2) is 5.11 Å². The number of hydrogen-bond donors (Lipinski definition) is 3. The van der Waals surface area contributed by atoms with Crippen LogP contribution in [0, 0.1) is 0 Å². The van der Waals surface area contributed by atoms with Crippen molar-refractivity contribution in [1.82, 2.24) is 5.32 Å². The van der Waals surface area contributed by atoms with Gasteiger partial charge >= 0.3 is 5.97 Å². The second-order valence-corrected chi connectivity index (χ2v) is 5.18. The zero-order chi connectivity index (χ0) is 16.7. The topological polar surface area (TPSA) is 70.6 Å². The third kappa shape index (κ3) is 5.27. The fraction of sp³-hybridized carbons (Fsp3) is 0.176. The van der Waals surface area contributed by atoms with Crippen LogP contribution in [0.25, 0.3) is 0 Å². The fourth-order valence-corrected chi connectivity index (χ4v) is 2.11. The van der Waals surface area contributed by atoms with Gasteiger partial charge < -0.3 is 20.5 Å². The summed E-state index contributed by atoms with van der Waals surface area (Å²) >= 11 is 5.24. The van der Waals surface area contributed by atoms with Crippen LogP contribution in [-0.2, 0) is 6.54 Å². The van der Waals surface area contributed by atoms with Crippen LogP contribution in [0.1, 0.15) is 22.8 Å². The minimum Gasteiger partial charge on any atom is -0.494 e. The summed E-state index contributed by atoms with van der Waals surface area (Å²) < 4.78 is 5.38. The number of benzene rings is 2. The van der Waals surface area contributed by atoms with Gasteiger partial charge in [0.2, 0.25) is 0 Å². The second-order valence-electron chi connectivity index (χ2n) is 4.77. The number of carboxylic acids is 1. The SMILES string of the molecule is CCOc1ccc(NC(=S)NCc2ccc(C(=O)O)cc2)cc1. The number of carbonyl (C=O) groups is 1. The summed E-state index contributed by atoms with van der Waals surface area (Å²) in [6.45, 7) is 3.09. The molecular weight excluding hydrogens is 312 g/mol. The fourth-order valence-electron chi connectivity index (χ4n) is 1.92. The van der Waals surface area contributed by atoms with Crippen LogP contribution < -0.4 is 15.4 Å². The number of hydrogen-bond acceptors (Lipinski definition) is 3. The Balaban J connectivity index is 1.83. The van der Waals surface area contributed by atoms with Gasteiger partial charge in [-0.2, -0.15) is 0 Å². The van der Waals surface area contributed by atoms with E-state index in [1.54, 1.807) is 24.3 Å². The first-order valence-electron chi connectivity index (χ1n) is 7.18. The molecule has 3 N–H and O–H groups in total. The molecule has 120 valence electrons. The Morgan fingerprint density at radius 1 is 1.13 bits per heavy atom. The lowest BCUT2D eigenvalue weighted by Gasteiger charge is -2.11. The molecule has 0 bridgehead atoms. The molecule has 0 fully saturated rings. The second kappa shape index (κ2) is 8.14. The van der Waals surface area contributed by atoms with Gasteiger partial charge in [-0.05, 0) is 61.1 Å². The maximum Gasteiger partial charge on any atom is 0.335 e. The third-order valence-corrected chi connectivity index (χ3v) is 3.32. The van der Waals surface area contributed by atoms with Gasteiger partial charge in [0.1, 0.15) is 5.75 Å². The molecule has 0 aliphatic carbocycles. The molecule has 0 amide bonds.